The Kier molecular flexibility index (Phi) is 6.19. The summed E-state index contributed by atoms with van der Waals surface area (Å²) in [5.41, 5.74) is 0.905. The Morgan fingerprint density at radius 3 is 2.58 bits per heavy atom. The zero-order valence-electron chi connectivity index (χ0n) is 7.74. The first-order valence-corrected chi connectivity index (χ1v) is 4.73. The van der Waals surface area contributed by atoms with Gasteiger partial charge in [-0.3, -0.25) is 0 Å². The number of nitrogens with zero attached hydrogens (tertiary/aromatic N) is 2. The topological polar surface area (TPSA) is 25.8 Å². The predicted octanol–water partition coefficient (Wildman–Crippen LogP) is 3.24. The maximum atomic E-state index is 3.89. The van der Waals surface area contributed by atoms with Crippen molar-refractivity contribution in [1.82, 2.24) is 9.59 Å². The molecule has 0 unspecified atom stereocenters. The van der Waals surface area contributed by atoms with E-state index < -0.39 is 0 Å². The van der Waals surface area contributed by atoms with Crippen molar-refractivity contribution in [3.05, 3.63) is 23.2 Å². The molecule has 0 aliphatic carbocycles. The smallest absolute Gasteiger partial charge is 0.105 e. The Morgan fingerprint density at radius 2 is 2.08 bits per heavy atom. The molecule has 1 aromatic rings. The number of aromatic nitrogens is 2. The minimum Gasteiger partial charge on any atom is -0.138 e. The first kappa shape index (κ1) is 11.0. The summed E-state index contributed by atoms with van der Waals surface area (Å²) in [6, 6.07) is 0. The SMILES string of the molecule is C=Cc1snnc1/C=C\C.CC. The Bertz CT molecular complexity index is 251. The summed E-state index contributed by atoms with van der Waals surface area (Å²) in [5, 5.41) is 3.89. The second-order valence-electron chi connectivity index (χ2n) is 1.73. The van der Waals surface area contributed by atoms with Crippen molar-refractivity contribution < 1.29 is 0 Å². The summed E-state index contributed by atoms with van der Waals surface area (Å²) in [5.74, 6) is 0. The zero-order chi connectivity index (χ0) is 9.40. The molecule has 66 valence electrons. The molecule has 1 heterocycles. The van der Waals surface area contributed by atoms with Gasteiger partial charge in [0.05, 0.1) is 4.88 Å². The van der Waals surface area contributed by atoms with E-state index in [1.165, 1.54) is 11.5 Å². The molecule has 0 atom stereocenters. The van der Waals surface area contributed by atoms with Crippen molar-refractivity contribution in [2.24, 2.45) is 0 Å². The Balaban J connectivity index is 0.000000561. The molecule has 0 bridgehead atoms. The van der Waals surface area contributed by atoms with Gasteiger partial charge in [0.2, 0.25) is 0 Å². The van der Waals surface area contributed by atoms with Crippen LogP contribution in [0.25, 0.3) is 12.2 Å². The molecule has 2 nitrogen and oxygen atoms in total. The molecule has 0 aromatic carbocycles. The molecule has 12 heavy (non-hydrogen) atoms. The first-order chi connectivity index (χ1) is 5.88. The largest absolute Gasteiger partial charge is 0.138 e. The lowest BCUT2D eigenvalue weighted by atomic mass is 10.3. The molecule has 1 rings (SSSR count). The first-order valence-electron chi connectivity index (χ1n) is 3.96. The molecule has 0 amide bonds. The molecular formula is C9H14N2S. The van der Waals surface area contributed by atoms with Crippen LogP contribution in [0, 0.1) is 0 Å². The van der Waals surface area contributed by atoms with Gasteiger partial charge in [-0.1, -0.05) is 31.0 Å². The minimum atomic E-state index is 0.905. The van der Waals surface area contributed by atoms with Gasteiger partial charge < -0.3 is 0 Å². The summed E-state index contributed by atoms with van der Waals surface area (Å²) in [7, 11) is 0. The van der Waals surface area contributed by atoms with Crippen LogP contribution in [0.4, 0.5) is 0 Å². The van der Waals surface area contributed by atoms with Gasteiger partial charge in [0.15, 0.2) is 0 Å². The van der Waals surface area contributed by atoms with Crippen LogP contribution in [0.1, 0.15) is 31.3 Å². The monoisotopic (exact) mass is 182 g/mol. The molecule has 3 heteroatoms. The van der Waals surface area contributed by atoms with Crippen molar-refractivity contribution in [2.45, 2.75) is 20.8 Å². The standard InChI is InChI=1S/C7H8N2S.C2H6/c1-3-5-6-7(4-2)10-9-8-6;1-2/h3-5H,2H2,1H3;1-2H3/b5-3-;. The summed E-state index contributed by atoms with van der Waals surface area (Å²) in [4.78, 5) is 1.03. The van der Waals surface area contributed by atoms with Gasteiger partial charge in [-0.2, -0.15) is 0 Å². The molecule has 1 aromatic heterocycles. The van der Waals surface area contributed by atoms with E-state index in [0.717, 1.165) is 10.6 Å². The number of allylic oxidation sites excluding steroid dienone is 1. The van der Waals surface area contributed by atoms with Gasteiger partial charge in [0.1, 0.15) is 5.69 Å². The fourth-order valence-electron chi connectivity index (χ4n) is 0.620. The summed E-state index contributed by atoms with van der Waals surface area (Å²) >= 11 is 1.36. The van der Waals surface area contributed by atoms with Crippen molar-refractivity contribution in [1.29, 1.82) is 0 Å². The highest BCUT2D eigenvalue weighted by Gasteiger charge is 1.97. The van der Waals surface area contributed by atoms with E-state index in [9.17, 15) is 0 Å². The second-order valence-corrected chi connectivity index (χ2v) is 2.51. The van der Waals surface area contributed by atoms with Crippen LogP contribution in [0.5, 0.6) is 0 Å². The van der Waals surface area contributed by atoms with E-state index in [4.69, 9.17) is 0 Å². The molecular weight excluding hydrogens is 168 g/mol. The van der Waals surface area contributed by atoms with Gasteiger partial charge in [0.25, 0.3) is 0 Å². The summed E-state index contributed by atoms with van der Waals surface area (Å²) < 4.78 is 3.78. The Hall–Kier alpha value is -0.960. The molecule has 0 fully saturated rings. The number of hydrogen-bond donors (Lipinski definition) is 0. The van der Waals surface area contributed by atoms with E-state index in [-0.39, 0.29) is 0 Å². The molecule has 0 aliphatic rings. The van der Waals surface area contributed by atoms with Crippen LogP contribution >= 0.6 is 11.5 Å². The third kappa shape index (κ3) is 2.96. The van der Waals surface area contributed by atoms with Crippen molar-refractivity contribution >= 4 is 23.7 Å². The summed E-state index contributed by atoms with van der Waals surface area (Å²) in [6.07, 6.45) is 5.62. The van der Waals surface area contributed by atoms with Crippen LogP contribution in [-0.4, -0.2) is 9.59 Å². The predicted molar refractivity (Wildman–Crippen MR) is 56.1 cm³/mol. The zero-order valence-corrected chi connectivity index (χ0v) is 8.56. The number of hydrogen-bond acceptors (Lipinski definition) is 3. The van der Waals surface area contributed by atoms with Crippen molar-refractivity contribution in [2.75, 3.05) is 0 Å². The third-order valence-electron chi connectivity index (χ3n) is 1.05. The normalized spacial score (nSPS) is 9.25. The van der Waals surface area contributed by atoms with E-state index in [1.807, 2.05) is 32.9 Å². The average Bonchev–Trinajstić information content (AvgIpc) is 2.56. The highest BCUT2D eigenvalue weighted by Crippen LogP contribution is 2.12. The van der Waals surface area contributed by atoms with Crippen LogP contribution in [0.3, 0.4) is 0 Å². The van der Waals surface area contributed by atoms with E-state index in [1.54, 1.807) is 6.08 Å². The van der Waals surface area contributed by atoms with Gasteiger partial charge in [-0.15, -0.1) is 5.10 Å². The van der Waals surface area contributed by atoms with Crippen LogP contribution in [-0.2, 0) is 0 Å². The molecule has 0 saturated heterocycles. The van der Waals surface area contributed by atoms with E-state index in [2.05, 4.69) is 16.2 Å². The van der Waals surface area contributed by atoms with Crippen molar-refractivity contribution in [3.8, 4) is 0 Å². The van der Waals surface area contributed by atoms with Gasteiger partial charge in [-0.05, 0) is 30.6 Å². The average molecular weight is 182 g/mol. The minimum absolute atomic E-state index is 0.905. The molecule has 0 spiro atoms. The fraction of sp³-hybridized carbons (Fsp3) is 0.333. The second kappa shape index (κ2) is 6.73. The third-order valence-corrected chi connectivity index (χ3v) is 1.79. The lowest BCUT2D eigenvalue weighted by Gasteiger charge is -1.82. The summed E-state index contributed by atoms with van der Waals surface area (Å²) in [6.45, 7) is 9.59. The Labute approximate surface area is 77.8 Å². The molecule has 0 aliphatic heterocycles. The van der Waals surface area contributed by atoms with Crippen LogP contribution < -0.4 is 0 Å². The maximum absolute atomic E-state index is 3.89. The van der Waals surface area contributed by atoms with Gasteiger partial charge in [-0.25, -0.2) is 0 Å². The lowest BCUT2D eigenvalue weighted by molar-refractivity contribution is 1.14. The molecule has 0 N–H and O–H groups in total. The lowest BCUT2D eigenvalue weighted by Crippen LogP contribution is -1.73. The maximum Gasteiger partial charge on any atom is 0.105 e. The van der Waals surface area contributed by atoms with Gasteiger partial charge in [0, 0.05) is 0 Å². The molecule has 0 saturated carbocycles. The fourth-order valence-corrected chi connectivity index (χ4v) is 1.11. The van der Waals surface area contributed by atoms with E-state index >= 15 is 0 Å². The van der Waals surface area contributed by atoms with Crippen LogP contribution in [0.2, 0.25) is 0 Å². The quantitative estimate of drug-likeness (QED) is 0.701. The highest BCUT2D eigenvalue weighted by molar-refractivity contribution is 7.06. The van der Waals surface area contributed by atoms with Crippen molar-refractivity contribution in [3.63, 3.8) is 0 Å². The molecule has 0 radical (unpaired) electrons. The number of rotatable bonds is 2. The van der Waals surface area contributed by atoms with Gasteiger partial charge >= 0.3 is 0 Å². The Morgan fingerprint density at radius 1 is 1.42 bits per heavy atom. The van der Waals surface area contributed by atoms with Crippen LogP contribution in [0.15, 0.2) is 12.7 Å². The highest BCUT2D eigenvalue weighted by atomic mass is 32.1. The van der Waals surface area contributed by atoms with E-state index in [0.29, 0.717) is 0 Å².